The molecular formula is C18H23N13. The van der Waals surface area contributed by atoms with Crippen LogP contribution in [0.25, 0.3) is 33.4 Å². The van der Waals surface area contributed by atoms with Gasteiger partial charge in [-0.15, -0.1) is 5.10 Å². The van der Waals surface area contributed by atoms with Crippen molar-refractivity contribution in [2.45, 2.75) is 27.7 Å². The lowest BCUT2D eigenvalue weighted by atomic mass is 10.5. The third-order valence-corrected chi connectivity index (χ3v) is 3.21. The van der Waals surface area contributed by atoms with E-state index in [1.807, 2.05) is 27.7 Å². The van der Waals surface area contributed by atoms with Gasteiger partial charge in [-0.25, -0.2) is 34.9 Å². The maximum absolute atomic E-state index is 3.91. The zero-order valence-corrected chi connectivity index (χ0v) is 17.6. The summed E-state index contributed by atoms with van der Waals surface area (Å²) in [6.45, 7) is 8.00. The summed E-state index contributed by atoms with van der Waals surface area (Å²) >= 11 is 0. The van der Waals surface area contributed by atoms with Gasteiger partial charge in [0.1, 0.15) is 30.0 Å². The van der Waals surface area contributed by atoms with E-state index in [4.69, 9.17) is 0 Å². The minimum atomic E-state index is 0.602. The number of imidazole rings is 1. The van der Waals surface area contributed by atoms with Crippen LogP contribution in [-0.2, 0) is 0 Å². The van der Waals surface area contributed by atoms with E-state index in [1.165, 1.54) is 19.0 Å². The molecule has 0 bridgehead atoms. The molecule has 0 aliphatic carbocycles. The van der Waals surface area contributed by atoms with Gasteiger partial charge in [0.2, 0.25) is 5.65 Å². The average molecular weight is 421 g/mol. The van der Waals surface area contributed by atoms with Crippen LogP contribution < -0.4 is 0 Å². The molecular weight excluding hydrogens is 398 g/mol. The van der Waals surface area contributed by atoms with Crippen LogP contribution in [0.5, 0.6) is 0 Å². The quantitative estimate of drug-likeness (QED) is 0.330. The molecule has 31 heavy (non-hydrogen) atoms. The Kier molecular flexibility index (Phi) is 9.53. The summed E-state index contributed by atoms with van der Waals surface area (Å²) in [6.07, 6.45) is 12.7. The number of hydrogen-bond acceptors (Lipinski definition) is 10. The molecule has 160 valence electrons. The van der Waals surface area contributed by atoms with Crippen LogP contribution in [-0.4, -0.2) is 65.5 Å². The maximum atomic E-state index is 3.91. The van der Waals surface area contributed by atoms with Crippen LogP contribution in [0.1, 0.15) is 27.7 Å². The first-order valence-corrected chi connectivity index (χ1v) is 9.55. The molecule has 13 nitrogen and oxygen atoms in total. The number of nitrogens with one attached hydrogen (secondary N) is 3. The Labute approximate surface area is 177 Å². The molecule has 0 unspecified atom stereocenters. The zero-order valence-electron chi connectivity index (χ0n) is 17.6. The van der Waals surface area contributed by atoms with Gasteiger partial charge in [-0.3, -0.25) is 5.10 Å². The number of nitrogens with zero attached hydrogens (tertiary/aromatic N) is 10. The van der Waals surface area contributed by atoms with Gasteiger partial charge in [-0.05, 0) is 0 Å². The molecule has 0 saturated heterocycles. The molecule has 0 aromatic carbocycles. The lowest BCUT2D eigenvalue weighted by molar-refractivity contribution is 0.954. The minimum Gasteiger partial charge on any atom is -0.342 e. The molecule has 6 rings (SSSR count). The topological polar surface area (TPSA) is 176 Å². The molecule has 0 fully saturated rings. The zero-order chi connectivity index (χ0) is 22.3. The Morgan fingerprint density at radius 3 is 2.13 bits per heavy atom. The molecule has 0 atom stereocenters. The second kappa shape index (κ2) is 12.9. The molecule has 3 N–H and O–H groups in total. The standard InChI is InChI=1S/2C5H4N4.C4H3N5.2C2H6/c1-4-5(8-2-6-1)9-3-7-4;1-4-2-8-9-5(4)7-3-6-1;1-3-4(6-2-5-1)8-9-7-3;2*1-2/h2*1-3H,(H,6,7,8,9);1-2H,(H,5,6,7,8,9);2*1-2H3. The lowest BCUT2D eigenvalue weighted by Crippen LogP contribution is -1.76. The monoisotopic (exact) mass is 421 g/mol. The van der Waals surface area contributed by atoms with Crippen molar-refractivity contribution in [3.63, 3.8) is 0 Å². The second-order valence-corrected chi connectivity index (χ2v) is 4.91. The second-order valence-electron chi connectivity index (χ2n) is 4.91. The minimum absolute atomic E-state index is 0.602. The number of hydrogen-bond donors (Lipinski definition) is 3. The summed E-state index contributed by atoms with van der Waals surface area (Å²) in [5, 5.41) is 17.4. The molecule has 0 aliphatic heterocycles. The van der Waals surface area contributed by atoms with Crippen LogP contribution in [0, 0.1) is 0 Å². The highest BCUT2D eigenvalue weighted by atomic mass is 15.3. The molecule has 0 spiro atoms. The number of aromatic amines is 3. The summed E-state index contributed by atoms with van der Waals surface area (Å²) in [7, 11) is 0. The Morgan fingerprint density at radius 2 is 1.39 bits per heavy atom. The number of aromatic nitrogens is 13. The van der Waals surface area contributed by atoms with Crippen LogP contribution in [0.15, 0.2) is 50.1 Å². The van der Waals surface area contributed by atoms with E-state index in [9.17, 15) is 0 Å². The van der Waals surface area contributed by atoms with Crippen molar-refractivity contribution in [3.05, 3.63) is 50.1 Å². The summed E-state index contributed by atoms with van der Waals surface area (Å²) in [6, 6.07) is 0. The fraction of sp³-hybridized carbons (Fsp3) is 0.222. The van der Waals surface area contributed by atoms with Crippen molar-refractivity contribution < 1.29 is 0 Å². The Balaban J connectivity index is 0.000000153. The van der Waals surface area contributed by atoms with E-state index in [0.29, 0.717) is 16.8 Å². The Bertz CT molecular complexity index is 1010. The first kappa shape index (κ1) is 22.9. The van der Waals surface area contributed by atoms with Crippen molar-refractivity contribution in [1.29, 1.82) is 0 Å². The summed E-state index contributed by atoms with van der Waals surface area (Å²) in [5.74, 6) is 0. The molecule has 13 heteroatoms. The number of fused-ring (bicyclic) bond motifs is 3. The van der Waals surface area contributed by atoms with Gasteiger partial charge in [0.25, 0.3) is 0 Å². The fourth-order valence-electron chi connectivity index (χ4n) is 1.99. The largest absolute Gasteiger partial charge is 0.342 e. The van der Waals surface area contributed by atoms with Gasteiger partial charge in [0.05, 0.1) is 30.3 Å². The maximum Gasteiger partial charge on any atom is 0.204 e. The SMILES string of the molecule is CC.CC.c1ncc2[nH]cnc2n1.c1ncc2cn[nH]c2n1.c1ncc2n[nH]nc2n1. The van der Waals surface area contributed by atoms with E-state index in [0.717, 1.165) is 16.6 Å². The van der Waals surface area contributed by atoms with E-state index >= 15 is 0 Å². The Morgan fingerprint density at radius 1 is 0.677 bits per heavy atom. The van der Waals surface area contributed by atoms with E-state index in [-0.39, 0.29) is 0 Å². The third-order valence-electron chi connectivity index (χ3n) is 3.21. The van der Waals surface area contributed by atoms with Gasteiger partial charge >= 0.3 is 0 Å². The molecule has 0 aliphatic rings. The molecule has 6 heterocycles. The number of H-pyrrole nitrogens is 3. The van der Waals surface area contributed by atoms with Gasteiger partial charge in [0, 0.05) is 6.20 Å². The summed E-state index contributed by atoms with van der Waals surface area (Å²) < 4.78 is 0. The van der Waals surface area contributed by atoms with Crippen LogP contribution in [0.3, 0.4) is 0 Å². The van der Waals surface area contributed by atoms with Crippen LogP contribution >= 0.6 is 0 Å². The predicted octanol–water partition coefficient (Wildman–Crippen LogP) is 2.51. The van der Waals surface area contributed by atoms with Crippen molar-refractivity contribution >= 4 is 33.4 Å². The molecule has 0 amide bonds. The van der Waals surface area contributed by atoms with Crippen LogP contribution in [0.2, 0.25) is 0 Å². The number of rotatable bonds is 0. The highest BCUT2D eigenvalue weighted by Gasteiger charge is 1.94. The normalized spacial score (nSPS) is 9.29. The molecule has 0 saturated carbocycles. The summed E-state index contributed by atoms with van der Waals surface area (Å²) in [5.41, 5.74) is 3.66. The fourth-order valence-corrected chi connectivity index (χ4v) is 1.99. The van der Waals surface area contributed by atoms with E-state index in [2.05, 4.69) is 65.5 Å². The highest BCUT2D eigenvalue weighted by molar-refractivity contribution is 5.71. The molecule has 6 aromatic rings. The first-order valence-electron chi connectivity index (χ1n) is 9.55. The average Bonchev–Trinajstić information content (AvgIpc) is 3.63. The van der Waals surface area contributed by atoms with Crippen LogP contribution in [0.4, 0.5) is 0 Å². The lowest BCUT2D eigenvalue weighted by Gasteiger charge is -1.80. The van der Waals surface area contributed by atoms with E-state index < -0.39 is 0 Å². The van der Waals surface area contributed by atoms with Crippen molar-refractivity contribution in [2.75, 3.05) is 0 Å². The summed E-state index contributed by atoms with van der Waals surface area (Å²) in [4.78, 5) is 29.8. The predicted molar refractivity (Wildman–Crippen MR) is 116 cm³/mol. The first-order chi connectivity index (χ1) is 15.4. The van der Waals surface area contributed by atoms with Gasteiger partial charge in [-0.2, -0.15) is 15.4 Å². The van der Waals surface area contributed by atoms with Crippen molar-refractivity contribution in [3.8, 4) is 0 Å². The van der Waals surface area contributed by atoms with Crippen molar-refractivity contribution in [1.82, 2.24) is 65.5 Å². The Hall–Kier alpha value is -4.42. The van der Waals surface area contributed by atoms with Gasteiger partial charge < -0.3 is 4.98 Å². The molecule has 6 aromatic heterocycles. The van der Waals surface area contributed by atoms with Crippen molar-refractivity contribution in [2.24, 2.45) is 0 Å². The van der Waals surface area contributed by atoms with Gasteiger partial charge in [0.15, 0.2) is 11.3 Å². The highest BCUT2D eigenvalue weighted by Crippen LogP contribution is 2.01. The van der Waals surface area contributed by atoms with Gasteiger partial charge in [-0.1, -0.05) is 27.7 Å². The van der Waals surface area contributed by atoms with E-state index in [1.54, 1.807) is 31.1 Å². The molecule has 0 radical (unpaired) electrons. The third kappa shape index (κ3) is 6.56. The smallest absolute Gasteiger partial charge is 0.204 e.